The average Bonchev–Trinajstić information content (AvgIpc) is 2.48. The maximum absolute atomic E-state index is 4.20. The van der Waals surface area contributed by atoms with Crippen LogP contribution in [-0.4, -0.2) is 19.5 Å². The predicted molar refractivity (Wildman–Crippen MR) is 69.3 cm³/mol. The van der Waals surface area contributed by atoms with Gasteiger partial charge in [-0.3, -0.25) is 4.57 Å². The lowest BCUT2D eigenvalue weighted by Crippen LogP contribution is -1.99. The molecule has 0 unspecified atom stereocenters. The standard InChI is InChI=1S/C8H6I2N4/c1-5-2-6(12-3-11-5)14-4-13-7(9)8(14)10/h2-4H,1H3. The first-order chi connectivity index (χ1) is 6.68. The fourth-order valence-electron chi connectivity index (χ4n) is 1.04. The van der Waals surface area contributed by atoms with Crippen molar-refractivity contribution in [2.75, 3.05) is 0 Å². The number of aromatic nitrogens is 4. The van der Waals surface area contributed by atoms with E-state index in [0.717, 1.165) is 18.9 Å². The van der Waals surface area contributed by atoms with Gasteiger partial charge in [-0.15, -0.1) is 0 Å². The number of halogens is 2. The van der Waals surface area contributed by atoms with E-state index in [2.05, 4.69) is 60.1 Å². The van der Waals surface area contributed by atoms with Crippen molar-refractivity contribution in [2.24, 2.45) is 0 Å². The SMILES string of the molecule is Cc1cc(-n2cnc(I)c2I)ncn1. The molecule has 0 atom stereocenters. The van der Waals surface area contributed by atoms with Crippen LogP contribution in [0.3, 0.4) is 0 Å². The molecular formula is C8H6I2N4. The van der Waals surface area contributed by atoms with Gasteiger partial charge in [-0.1, -0.05) is 0 Å². The Morgan fingerprint density at radius 3 is 2.57 bits per heavy atom. The number of nitrogens with zero attached hydrogens (tertiary/aromatic N) is 4. The minimum absolute atomic E-state index is 0.859. The van der Waals surface area contributed by atoms with Crippen molar-refractivity contribution in [1.29, 1.82) is 0 Å². The summed E-state index contributed by atoms with van der Waals surface area (Å²) in [6.45, 7) is 1.94. The molecule has 2 aromatic heterocycles. The third-order valence-electron chi connectivity index (χ3n) is 1.70. The molecule has 0 fully saturated rings. The summed E-state index contributed by atoms with van der Waals surface area (Å²) in [7, 11) is 0. The molecule has 2 heterocycles. The van der Waals surface area contributed by atoms with Crippen molar-refractivity contribution < 1.29 is 0 Å². The first-order valence-corrected chi connectivity index (χ1v) is 6.01. The zero-order valence-electron chi connectivity index (χ0n) is 7.28. The van der Waals surface area contributed by atoms with Gasteiger partial charge in [0.05, 0.1) is 0 Å². The number of aryl methyl sites for hydroxylation is 1. The van der Waals surface area contributed by atoms with E-state index >= 15 is 0 Å². The van der Waals surface area contributed by atoms with Gasteiger partial charge in [0, 0.05) is 11.8 Å². The summed E-state index contributed by atoms with van der Waals surface area (Å²) < 4.78 is 4.00. The second-order valence-corrected chi connectivity index (χ2v) is 4.76. The molecule has 0 aromatic carbocycles. The van der Waals surface area contributed by atoms with Crippen LogP contribution in [0, 0.1) is 14.3 Å². The van der Waals surface area contributed by atoms with Gasteiger partial charge in [-0.05, 0) is 52.1 Å². The monoisotopic (exact) mass is 412 g/mol. The highest BCUT2D eigenvalue weighted by molar-refractivity contribution is 14.1. The molecule has 72 valence electrons. The second kappa shape index (κ2) is 4.09. The van der Waals surface area contributed by atoms with E-state index in [1.165, 1.54) is 0 Å². The van der Waals surface area contributed by atoms with Gasteiger partial charge in [0.1, 0.15) is 25.9 Å². The number of hydrogen-bond acceptors (Lipinski definition) is 3. The van der Waals surface area contributed by atoms with Gasteiger partial charge in [0.25, 0.3) is 0 Å². The first kappa shape index (κ1) is 10.3. The van der Waals surface area contributed by atoms with Crippen molar-refractivity contribution in [3.8, 4) is 5.82 Å². The van der Waals surface area contributed by atoms with Crippen LogP contribution >= 0.6 is 45.2 Å². The third kappa shape index (κ3) is 1.90. The van der Waals surface area contributed by atoms with Gasteiger partial charge >= 0.3 is 0 Å². The van der Waals surface area contributed by atoms with Gasteiger partial charge < -0.3 is 0 Å². The molecule has 0 radical (unpaired) electrons. The van der Waals surface area contributed by atoms with Crippen LogP contribution in [0.15, 0.2) is 18.7 Å². The van der Waals surface area contributed by atoms with Crippen LogP contribution in [0.25, 0.3) is 5.82 Å². The number of hydrogen-bond donors (Lipinski definition) is 0. The molecule has 0 amide bonds. The Balaban J connectivity index is 2.55. The van der Waals surface area contributed by atoms with E-state index in [1.807, 2.05) is 17.6 Å². The lowest BCUT2D eigenvalue weighted by Gasteiger charge is -2.02. The van der Waals surface area contributed by atoms with Crippen LogP contribution in [-0.2, 0) is 0 Å². The van der Waals surface area contributed by atoms with E-state index in [0.29, 0.717) is 0 Å². The van der Waals surface area contributed by atoms with Crippen molar-refractivity contribution >= 4 is 45.2 Å². The fourth-order valence-corrected chi connectivity index (χ4v) is 1.94. The number of rotatable bonds is 1. The van der Waals surface area contributed by atoms with Crippen LogP contribution in [0.1, 0.15) is 5.69 Å². The average molecular weight is 412 g/mol. The Hall–Kier alpha value is -0.250. The molecule has 0 saturated carbocycles. The van der Waals surface area contributed by atoms with E-state index in [4.69, 9.17) is 0 Å². The lowest BCUT2D eigenvalue weighted by molar-refractivity contribution is 0.938. The van der Waals surface area contributed by atoms with Gasteiger partial charge in [-0.25, -0.2) is 15.0 Å². The van der Waals surface area contributed by atoms with Crippen molar-refractivity contribution in [1.82, 2.24) is 19.5 Å². The van der Waals surface area contributed by atoms with Crippen molar-refractivity contribution in [3.05, 3.63) is 31.8 Å². The Kier molecular flexibility index (Phi) is 3.00. The summed E-state index contributed by atoms with van der Waals surface area (Å²) in [4.78, 5) is 12.4. The normalized spacial score (nSPS) is 10.5. The van der Waals surface area contributed by atoms with Crippen molar-refractivity contribution in [2.45, 2.75) is 6.92 Å². The summed E-state index contributed by atoms with van der Waals surface area (Å²) in [6.07, 6.45) is 3.33. The lowest BCUT2D eigenvalue weighted by atomic mass is 10.4. The molecule has 0 aliphatic rings. The van der Waals surface area contributed by atoms with Crippen molar-refractivity contribution in [3.63, 3.8) is 0 Å². The van der Waals surface area contributed by atoms with Gasteiger partial charge in [0.2, 0.25) is 0 Å². The zero-order valence-corrected chi connectivity index (χ0v) is 11.6. The van der Waals surface area contributed by atoms with Crippen LogP contribution in [0.5, 0.6) is 0 Å². The Morgan fingerprint density at radius 1 is 1.21 bits per heavy atom. The van der Waals surface area contributed by atoms with E-state index in [-0.39, 0.29) is 0 Å². The predicted octanol–water partition coefficient (Wildman–Crippen LogP) is 2.18. The minimum Gasteiger partial charge on any atom is -0.277 e. The van der Waals surface area contributed by atoms with E-state index in [1.54, 1.807) is 12.7 Å². The summed E-state index contributed by atoms with van der Waals surface area (Å²) in [5.74, 6) is 0.859. The minimum atomic E-state index is 0.859. The molecule has 2 aromatic rings. The van der Waals surface area contributed by atoms with Crippen LogP contribution < -0.4 is 0 Å². The smallest absolute Gasteiger partial charge is 0.142 e. The largest absolute Gasteiger partial charge is 0.277 e. The summed E-state index contributed by atoms with van der Waals surface area (Å²) in [5.41, 5.74) is 0.953. The molecule has 6 heteroatoms. The molecule has 2 rings (SSSR count). The third-order valence-corrected chi connectivity index (χ3v) is 4.56. The maximum Gasteiger partial charge on any atom is 0.142 e. The second-order valence-electron chi connectivity index (χ2n) is 2.71. The molecule has 0 aliphatic heterocycles. The molecule has 4 nitrogen and oxygen atoms in total. The highest BCUT2D eigenvalue weighted by Crippen LogP contribution is 2.16. The molecule has 0 aliphatic carbocycles. The molecule has 14 heavy (non-hydrogen) atoms. The summed E-state index contributed by atoms with van der Waals surface area (Å²) in [6, 6.07) is 1.93. The Bertz CT molecular complexity index is 466. The Morgan fingerprint density at radius 2 is 2.00 bits per heavy atom. The fraction of sp³-hybridized carbons (Fsp3) is 0.125. The molecular weight excluding hydrogens is 406 g/mol. The summed E-state index contributed by atoms with van der Waals surface area (Å²) in [5, 5.41) is 0. The van der Waals surface area contributed by atoms with E-state index in [9.17, 15) is 0 Å². The zero-order chi connectivity index (χ0) is 10.1. The molecule has 0 saturated heterocycles. The highest BCUT2D eigenvalue weighted by Gasteiger charge is 2.07. The Labute approximate surface area is 108 Å². The molecule has 0 N–H and O–H groups in total. The van der Waals surface area contributed by atoms with Gasteiger partial charge in [-0.2, -0.15) is 0 Å². The van der Waals surface area contributed by atoms with Crippen LogP contribution in [0.2, 0.25) is 0 Å². The first-order valence-electron chi connectivity index (χ1n) is 3.86. The highest BCUT2D eigenvalue weighted by atomic mass is 127. The maximum atomic E-state index is 4.20. The number of imidazole rings is 1. The molecule has 0 spiro atoms. The summed E-state index contributed by atoms with van der Waals surface area (Å²) >= 11 is 4.45. The van der Waals surface area contributed by atoms with Gasteiger partial charge in [0.15, 0.2) is 0 Å². The topological polar surface area (TPSA) is 43.6 Å². The molecule has 0 bridgehead atoms. The quantitative estimate of drug-likeness (QED) is 0.675. The van der Waals surface area contributed by atoms with Crippen LogP contribution in [0.4, 0.5) is 0 Å². The van der Waals surface area contributed by atoms with E-state index < -0.39 is 0 Å².